The SMILES string of the molecule is N#CC1(CN2CC3CC3C2)CC1. The maximum atomic E-state index is 8.92. The van der Waals surface area contributed by atoms with Gasteiger partial charge in [-0.25, -0.2) is 0 Å². The second-order valence-corrected chi connectivity index (χ2v) is 4.84. The number of rotatable bonds is 2. The molecule has 1 aliphatic heterocycles. The van der Waals surface area contributed by atoms with Gasteiger partial charge in [0, 0.05) is 19.6 Å². The molecule has 0 radical (unpaired) electrons. The van der Waals surface area contributed by atoms with Crippen LogP contribution in [-0.4, -0.2) is 24.5 Å². The zero-order valence-electron chi connectivity index (χ0n) is 7.29. The van der Waals surface area contributed by atoms with E-state index >= 15 is 0 Å². The monoisotopic (exact) mass is 162 g/mol. The lowest BCUT2D eigenvalue weighted by atomic mass is 10.1. The second-order valence-electron chi connectivity index (χ2n) is 4.84. The zero-order valence-corrected chi connectivity index (χ0v) is 7.29. The summed E-state index contributed by atoms with van der Waals surface area (Å²) < 4.78 is 0. The van der Waals surface area contributed by atoms with Crippen LogP contribution in [0, 0.1) is 28.6 Å². The Morgan fingerprint density at radius 3 is 2.50 bits per heavy atom. The van der Waals surface area contributed by atoms with Gasteiger partial charge in [-0.05, 0) is 31.1 Å². The first kappa shape index (κ1) is 6.91. The quantitative estimate of drug-likeness (QED) is 0.611. The molecule has 0 N–H and O–H groups in total. The Morgan fingerprint density at radius 1 is 1.33 bits per heavy atom. The first-order valence-corrected chi connectivity index (χ1v) is 4.95. The predicted octanol–water partition coefficient (Wildman–Crippen LogP) is 1.24. The average Bonchev–Trinajstić information content (AvgIpc) is 2.95. The number of hydrogen-bond acceptors (Lipinski definition) is 2. The molecule has 3 fully saturated rings. The van der Waals surface area contributed by atoms with E-state index in [1.165, 1.54) is 19.5 Å². The molecule has 0 spiro atoms. The highest BCUT2D eigenvalue weighted by Gasteiger charge is 2.50. The highest BCUT2D eigenvalue weighted by molar-refractivity contribution is 5.12. The summed E-state index contributed by atoms with van der Waals surface area (Å²) >= 11 is 0. The highest BCUT2D eigenvalue weighted by Crippen LogP contribution is 2.50. The van der Waals surface area contributed by atoms with Crippen LogP contribution in [0.25, 0.3) is 0 Å². The standard InChI is InChI=1S/C10H14N2/c11-6-10(1-2-10)7-12-4-8-3-9(8)5-12/h8-9H,1-5,7H2. The lowest BCUT2D eigenvalue weighted by Gasteiger charge is -2.19. The Kier molecular flexibility index (Phi) is 1.17. The molecule has 2 heteroatoms. The molecule has 3 rings (SSSR count). The molecule has 2 nitrogen and oxygen atoms in total. The maximum Gasteiger partial charge on any atom is 0.0703 e. The molecular weight excluding hydrogens is 148 g/mol. The maximum absolute atomic E-state index is 8.92. The third-order valence-electron chi connectivity index (χ3n) is 3.67. The van der Waals surface area contributed by atoms with E-state index in [1.54, 1.807) is 0 Å². The molecule has 64 valence electrons. The minimum atomic E-state index is 0.0940. The van der Waals surface area contributed by atoms with Crippen molar-refractivity contribution in [2.45, 2.75) is 19.3 Å². The number of nitriles is 1. The van der Waals surface area contributed by atoms with E-state index in [0.717, 1.165) is 31.2 Å². The summed E-state index contributed by atoms with van der Waals surface area (Å²) in [5, 5.41) is 8.92. The van der Waals surface area contributed by atoms with Gasteiger partial charge >= 0.3 is 0 Å². The van der Waals surface area contributed by atoms with Gasteiger partial charge in [-0.2, -0.15) is 5.26 Å². The topological polar surface area (TPSA) is 27.0 Å². The molecule has 0 amide bonds. The summed E-state index contributed by atoms with van der Waals surface area (Å²) in [6.07, 6.45) is 3.76. The van der Waals surface area contributed by atoms with Gasteiger partial charge in [0.25, 0.3) is 0 Å². The predicted molar refractivity (Wildman–Crippen MR) is 45.3 cm³/mol. The van der Waals surface area contributed by atoms with Crippen LogP contribution in [0.4, 0.5) is 0 Å². The van der Waals surface area contributed by atoms with E-state index in [2.05, 4.69) is 11.0 Å². The molecule has 0 aromatic carbocycles. The number of hydrogen-bond donors (Lipinski definition) is 0. The summed E-state index contributed by atoms with van der Waals surface area (Å²) in [5.74, 6) is 2.03. The van der Waals surface area contributed by atoms with Crippen LogP contribution in [0.1, 0.15) is 19.3 Å². The van der Waals surface area contributed by atoms with E-state index in [9.17, 15) is 0 Å². The summed E-state index contributed by atoms with van der Waals surface area (Å²) in [6.45, 7) is 3.64. The molecular formula is C10H14N2. The first-order chi connectivity index (χ1) is 5.81. The Morgan fingerprint density at radius 2 is 2.00 bits per heavy atom. The van der Waals surface area contributed by atoms with Gasteiger partial charge < -0.3 is 4.90 Å². The molecule has 2 unspecified atom stereocenters. The number of fused-ring (bicyclic) bond motifs is 1. The lowest BCUT2D eigenvalue weighted by Crippen LogP contribution is -2.29. The van der Waals surface area contributed by atoms with Crippen LogP contribution in [0.5, 0.6) is 0 Å². The average molecular weight is 162 g/mol. The number of likely N-dealkylation sites (tertiary alicyclic amines) is 1. The molecule has 1 saturated heterocycles. The van der Waals surface area contributed by atoms with E-state index in [-0.39, 0.29) is 5.41 Å². The van der Waals surface area contributed by atoms with Crippen molar-refractivity contribution < 1.29 is 0 Å². The summed E-state index contributed by atoms with van der Waals surface area (Å²) in [5.41, 5.74) is 0.0940. The van der Waals surface area contributed by atoms with Crippen LogP contribution in [0.2, 0.25) is 0 Å². The van der Waals surface area contributed by atoms with Crippen molar-refractivity contribution in [1.29, 1.82) is 5.26 Å². The van der Waals surface area contributed by atoms with Gasteiger partial charge in [-0.15, -0.1) is 0 Å². The van der Waals surface area contributed by atoms with Crippen LogP contribution < -0.4 is 0 Å². The van der Waals surface area contributed by atoms with E-state index in [0.29, 0.717) is 0 Å². The molecule has 2 atom stereocenters. The van der Waals surface area contributed by atoms with Crippen molar-refractivity contribution in [3.63, 3.8) is 0 Å². The zero-order chi connectivity index (χ0) is 8.18. The minimum Gasteiger partial charge on any atom is -0.301 e. The van der Waals surface area contributed by atoms with Crippen molar-refractivity contribution >= 4 is 0 Å². The van der Waals surface area contributed by atoms with Crippen LogP contribution >= 0.6 is 0 Å². The smallest absolute Gasteiger partial charge is 0.0703 e. The van der Waals surface area contributed by atoms with Crippen molar-refractivity contribution in [1.82, 2.24) is 4.90 Å². The van der Waals surface area contributed by atoms with Gasteiger partial charge in [0.2, 0.25) is 0 Å². The van der Waals surface area contributed by atoms with Gasteiger partial charge in [-0.1, -0.05) is 0 Å². The first-order valence-electron chi connectivity index (χ1n) is 4.95. The molecule has 3 aliphatic rings. The largest absolute Gasteiger partial charge is 0.301 e. The Labute approximate surface area is 73.2 Å². The second kappa shape index (κ2) is 2.03. The Hall–Kier alpha value is -0.550. The highest BCUT2D eigenvalue weighted by atomic mass is 15.2. The summed E-state index contributed by atoms with van der Waals surface area (Å²) in [6, 6.07) is 2.47. The van der Waals surface area contributed by atoms with E-state index < -0.39 is 0 Å². The van der Waals surface area contributed by atoms with E-state index in [4.69, 9.17) is 5.26 Å². The molecule has 12 heavy (non-hydrogen) atoms. The Balaban J connectivity index is 1.59. The van der Waals surface area contributed by atoms with E-state index in [1.807, 2.05) is 0 Å². The third kappa shape index (κ3) is 0.964. The molecule has 0 aromatic heterocycles. The molecule has 0 aromatic rings. The number of piperidine rings is 1. The molecule has 2 saturated carbocycles. The fourth-order valence-corrected chi connectivity index (χ4v) is 2.51. The van der Waals surface area contributed by atoms with Crippen molar-refractivity contribution in [3.05, 3.63) is 0 Å². The van der Waals surface area contributed by atoms with Gasteiger partial charge in [0.1, 0.15) is 0 Å². The Bertz CT molecular complexity index is 239. The van der Waals surface area contributed by atoms with Crippen LogP contribution in [0.15, 0.2) is 0 Å². The van der Waals surface area contributed by atoms with Crippen molar-refractivity contribution in [2.75, 3.05) is 19.6 Å². The van der Waals surface area contributed by atoms with Crippen molar-refractivity contribution in [2.24, 2.45) is 17.3 Å². The van der Waals surface area contributed by atoms with Gasteiger partial charge in [0.05, 0.1) is 11.5 Å². The molecule has 2 aliphatic carbocycles. The fraction of sp³-hybridized carbons (Fsp3) is 0.900. The van der Waals surface area contributed by atoms with Crippen molar-refractivity contribution in [3.8, 4) is 6.07 Å². The van der Waals surface area contributed by atoms with Crippen LogP contribution in [0.3, 0.4) is 0 Å². The molecule has 1 heterocycles. The molecule has 0 bridgehead atoms. The number of nitrogens with zero attached hydrogens (tertiary/aromatic N) is 2. The minimum absolute atomic E-state index is 0.0940. The van der Waals surface area contributed by atoms with Gasteiger partial charge in [-0.3, -0.25) is 0 Å². The lowest BCUT2D eigenvalue weighted by molar-refractivity contribution is 0.269. The third-order valence-corrected chi connectivity index (χ3v) is 3.67. The summed E-state index contributed by atoms with van der Waals surface area (Å²) in [7, 11) is 0. The fourth-order valence-electron chi connectivity index (χ4n) is 2.51. The summed E-state index contributed by atoms with van der Waals surface area (Å²) in [4.78, 5) is 2.51. The van der Waals surface area contributed by atoms with Gasteiger partial charge in [0.15, 0.2) is 0 Å². The normalized spacial score (nSPS) is 41.9. The van der Waals surface area contributed by atoms with Crippen LogP contribution in [-0.2, 0) is 0 Å².